The molecule has 0 saturated heterocycles. The highest BCUT2D eigenvalue weighted by Gasteiger charge is 2.10. The molecule has 0 unspecified atom stereocenters. The predicted octanol–water partition coefficient (Wildman–Crippen LogP) is 4.39. The molecule has 1 N–H and O–H groups in total. The van der Waals surface area contributed by atoms with E-state index < -0.39 is 0 Å². The predicted molar refractivity (Wildman–Crippen MR) is 104 cm³/mol. The summed E-state index contributed by atoms with van der Waals surface area (Å²) >= 11 is 1.49. The number of rotatable bonds is 7. The van der Waals surface area contributed by atoms with Gasteiger partial charge < -0.3 is 10.1 Å². The van der Waals surface area contributed by atoms with Crippen LogP contribution in [0.25, 0.3) is 0 Å². The number of nitrogens with one attached hydrogen (secondary N) is 1. The summed E-state index contributed by atoms with van der Waals surface area (Å²) in [7, 11) is 1.60. The largest absolute Gasteiger partial charge is 0.496 e. The number of carbonyl (C=O) groups is 2. The summed E-state index contributed by atoms with van der Waals surface area (Å²) in [6, 6.07) is 11.4. The molecule has 0 spiro atoms. The fourth-order valence-electron chi connectivity index (χ4n) is 2.42. The van der Waals surface area contributed by atoms with Crippen LogP contribution in [0.2, 0.25) is 0 Å². The average Bonchev–Trinajstić information content (AvgIpc) is 2.58. The van der Waals surface area contributed by atoms with Crippen molar-refractivity contribution in [3.05, 3.63) is 58.7 Å². The number of ether oxygens (including phenoxy) is 1. The average molecular weight is 357 g/mol. The molecule has 5 heteroatoms. The van der Waals surface area contributed by atoms with Gasteiger partial charge >= 0.3 is 0 Å². The van der Waals surface area contributed by atoms with Gasteiger partial charge in [-0.15, -0.1) is 11.8 Å². The van der Waals surface area contributed by atoms with Gasteiger partial charge in [0.2, 0.25) is 5.91 Å². The highest BCUT2D eigenvalue weighted by atomic mass is 32.2. The van der Waals surface area contributed by atoms with Crippen LogP contribution >= 0.6 is 11.8 Å². The number of Topliss-reactive ketones (excluding diaryl/α,β-unsaturated/α-hetero) is 1. The Balaban J connectivity index is 1.96. The Morgan fingerprint density at radius 2 is 1.88 bits per heavy atom. The number of benzene rings is 2. The SMILES string of the molecule is COc1ccc(C(C)=O)cc1CSCC(=O)Nc1cc(C)ccc1C. The van der Waals surface area contributed by atoms with Crippen molar-refractivity contribution in [2.75, 3.05) is 18.2 Å². The fourth-order valence-corrected chi connectivity index (χ4v) is 3.23. The van der Waals surface area contributed by atoms with E-state index in [1.807, 2.05) is 38.1 Å². The van der Waals surface area contributed by atoms with Crippen LogP contribution in [-0.4, -0.2) is 24.6 Å². The van der Waals surface area contributed by atoms with Crippen LogP contribution in [0.5, 0.6) is 5.75 Å². The number of thioether (sulfide) groups is 1. The third-order valence-electron chi connectivity index (χ3n) is 3.84. The van der Waals surface area contributed by atoms with Gasteiger partial charge in [0.05, 0.1) is 12.9 Å². The second-order valence-electron chi connectivity index (χ2n) is 5.94. The number of carbonyl (C=O) groups excluding carboxylic acids is 2. The summed E-state index contributed by atoms with van der Waals surface area (Å²) in [5, 5.41) is 2.95. The van der Waals surface area contributed by atoms with Crippen LogP contribution in [0.4, 0.5) is 5.69 Å². The lowest BCUT2D eigenvalue weighted by Gasteiger charge is -2.11. The lowest BCUT2D eigenvalue weighted by atomic mass is 10.1. The van der Waals surface area contributed by atoms with Crippen molar-refractivity contribution >= 4 is 29.1 Å². The zero-order valence-electron chi connectivity index (χ0n) is 15.0. The Hall–Kier alpha value is -2.27. The first kappa shape index (κ1) is 19.1. The van der Waals surface area contributed by atoms with E-state index in [1.54, 1.807) is 19.2 Å². The van der Waals surface area contributed by atoms with Gasteiger partial charge in [-0.1, -0.05) is 12.1 Å². The van der Waals surface area contributed by atoms with E-state index in [9.17, 15) is 9.59 Å². The molecule has 0 aliphatic rings. The molecule has 0 atom stereocenters. The smallest absolute Gasteiger partial charge is 0.234 e. The van der Waals surface area contributed by atoms with E-state index >= 15 is 0 Å². The van der Waals surface area contributed by atoms with Crippen molar-refractivity contribution in [2.45, 2.75) is 26.5 Å². The van der Waals surface area contributed by atoms with Gasteiger partial charge in [0, 0.05) is 22.6 Å². The lowest BCUT2D eigenvalue weighted by Crippen LogP contribution is -2.15. The summed E-state index contributed by atoms with van der Waals surface area (Å²) < 4.78 is 5.34. The molecule has 2 aromatic carbocycles. The van der Waals surface area contributed by atoms with Gasteiger partial charge in [0.1, 0.15) is 5.75 Å². The van der Waals surface area contributed by atoms with Gasteiger partial charge in [-0.3, -0.25) is 9.59 Å². The number of methoxy groups -OCH3 is 1. The van der Waals surface area contributed by atoms with Crippen molar-refractivity contribution in [2.24, 2.45) is 0 Å². The van der Waals surface area contributed by atoms with Crippen molar-refractivity contribution in [3.63, 3.8) is 0 Å². The first-order chi connectivity index (χ1) is 11.9. The Bertz CT molecular complexity index is 787. The van der Waals surface area contributed by atoms with Crippen molar-refractivity contribution < 1.29 is 14.3 Å². The van der Waals surface area contributed by atoms with Crippen LogP contribution < -0.4 is 10.1 Å². The molecule has 2 rings (SSSR count). The molecule has 25 heavy (non-hydrogen) atoms. The first-order valence-electron chi connectivity index (χ1n) is 8.03. The zero-order chi connectivity index (χ0) is 18.4. The molecule has 132 valence electrons. The molecule has 0 radical (unpaired) electrons. The third-order valence-corrected chi connectivity index (χ3v) is 4.83. The number of amides is 1. The number of ketones is 1. The minimum Gasteiger partial charge on any atom is -0.496 e. The topological polar surface area (TPSA) is 55.4 Å². The molecule has 0 aliphatic carbocycles. The van der Waals surface area contributed by atoms with Crippen molar-refractivity contribution in [1.29, 1.82) is 0 Å². The number of aryl methyl sites for hydroxylation is 2. The van der Waals surface area contributed by atoms with Gasteiger partial charge in [0.25, 0.3) is 0 Å². The monoisotopic (exact) mass is 357 g/mol. The van der Waals surface area contributed by atoms with E-state index in [0.717, 1.165) is 28.1 Å². The standard InChI is InChI=1S/C20H23NO3S/c1-13-5-6-14(2)18(9-13)21-20(23)12-25-11-17-10-16(15(3)22)7-8-19(17)24-4/h5-10H,11-12H2,1-4H3,(H,21,23). The number of hydrogen-bond donors (Lipinski definition) is 1. The third kappa shape index (κ3) is 5.36. The second-order valence-corrected chi connectivity index (χ2v) is 6.93. The Morgan fingerprint density at radius 1 is 1.12 bits per heavy atom. The highest BCUT2D eigenvalue weighted by molar-refractivity contribution is 7.99. The molecule has 4 nitrogen and oxygen atoms in total. The zero-order valence-corrected chi connectivity index (χ0v) is 15.8. The van der Waals surface area contributed by atoms with E-state index in [2.05, 4.69) is 5.32 Å². The van der Waals surface area contributed by atoms with Crippen LogP contribution in [0, 0.1) is 13.8 Å². The summed E-state index contributed by atoms with van der Waals surface area (Å²) in [6.07, 6.45) is 0. The maximum Gasteiger partial charge on any atom is 0.234 e. The van der Waals surface area contributed by atoms with Gasteiger partial charge in [0.15, 0.2) is 5.78 Å². The normalized spacial score (nSPS) is 10.4. The van der Waals surface area contributed by atoms with Gasteiger partial charge in [-0.25, -0.2) is 0 Å². The fraction of sp³-hybridized carbons (Fsp3) is 0.300. The molecule has 0 aromatic heterocycles. The Labute approximate surface area is 153 Å². The van der Waals surface area contributed by atoms with Gasteiger partial charge in [-0.2, -0.15) is 0 Å². The van der Waals surface area contributed by atoms with Crippen molar-refractivity contribution in [3.8, 4) is 5.75 Å². The lowest BCUT2D eigenvalue weighted by molar-refractivity contribution is -0.113. The van der Waals surface area contributed by atoms with Crippen LogP contribution in [0.15, 0.2) is 36.4 Å². The van der Waals surface area contributed by atoms with E-state index in [4.69, 9.17) is 4.74 Å². The summed E-state index contributed by atoms with van der Waals surface area (Å²) in [5.41, 5.74) is 4.57. The van der Waals surface area contributed by atoms with E-state index in [1.165, 1.54) is 18.7 Å². The molecule has 0 bridgehead atoms. The minimum atomic E-state index is -0.0413. The van der Waals surface area contributed by atoms with Gasteiger partial charge in [-0.05, 0) is 56.2 Å². The Morgan fingerprint density at radius 3 is 2.56 bits per heavy atom. The molecule has 1 amide bonds. The van der Waals surface area contributed by atoms with Crippen LogP contribution in [0.1, 0.15) is 34.0 Å². The van der Waals surface area contributed by atoms with Crippen molar-refractivity contribution in [1.82, 2.24) is 0 Å². The summed E-state index contributed by atoms with van der Waals surface area (Å²) in [4.78, 5) is 23.7. The first-order valence-corrected chi connectivity index (χ1v) is 9.19. The molecule has 0 heterocycles. The molecule has 0 aliphatic heterocycles. The maximum atomic E-state index is 12.2. The molecular weight excluding hydrogens is 334 g/mol. The second kappa shape index (κ2) is 8.72. The molecular formula is C20H23NO3S. The maximum absolute atomic E-state index is 12.2. The molecule has 0 fully saturated rings. The van der Waals surface area contributed by atoms with E-state index in [0.29, 0.717) is 17.1 Å². The molecule has 2 aromatic rings. The minimum absolute atomic E-state index is 0.0153. The quantitative estimate of drug-likeness (QED) is 0.747. The van der Waals surface area contributed by atoms with E-state index in [-0.39, 0.29) is 11.7 Å². The Kier molecular flexibility index (Phi) is 6.65. The summed E-state index contributed by atoms with van der Waals surface area (Å²) in [5.74, 6) is 1.64. The summed E-state index contributed by atoms with van der Waals surface area (Å²) in [6.45, 7) is 5.51. The molecule has 0 saturated carbocycles. The van der Waals surface area contributed by atoms with Crippen LogP contribution in [0.3, 0.4) is 0 Å². The number of hydrogen-bond acceptors (Lipinski definition) is 4. The van der Waals surface area contributed by atoms with Crippen LogP contribution in [-0.2, 0) is 10.5 Å². The number of anilines is 1. The highest BCUT2D eigenvalue weighted by Crippen LogP contribution is 2.25.